The second-order valence-corrected chi connectivity index (χ2v) is 2.81. The molecular formula is C7H9N3O2. The summed E-state index contributed by atoms with van der Waals surface area (Å²) in [5.41, 5.74) is 0.775. The van der Waals surface area contributed by atoms with Gasteiger partial charge >= 0.3 is 6.09 Å². The molecule has 1 amide bonds. The molecule has 2 rings (SSSR count). The Morgan fingerprint density at radius 1 is 1.75 bits per heavy atom. The number of ether oxygens (including phenoxy) is 1. The van der Waals surface area contributed by atoms with E-state index in [0.29, 0.717) is 5.75 Å². The van der Waals surface area contributed by atoms with E-state index in [2.05, 4.69) is 10.4 Å². The Bertz CT molecular complexity index is 331. The zero-order valence-corrected chi connectivity index (χ0v) is 6.87. The minimum Gasteiger partial charge on any atom is -0.407 e. The van der Waals surface area contributed by atoms with Crippen molar-refractivity contribution in [3.8, 4) is 5.75 Å². The molecule has 5 heteroatoms. The molecule has 2 heterocycles. The van der Waals surface area contributed by atoms with Gasteiger partial charge in [-0.3, -0.25) is 4.68 Å². The van der Waals surface area contributed by atoms with Gasteiger partial charge in [0.25, 0.3) is 0 Å². The van der Waals surface area contributed by atoms with Crippen LogP contribution in [-0.2, 0) is 7.05 Å². The van der Waals surface area contributed by atoms with Crippen LogP contribution in [0, 0.1) is 0 Å². The number of hydrogen-bond donors (Lipinski definition) is 1. The topological polar surface area (TPSA) is 56.1 Å². The molecule has 1 aliphatic heterocycles. The second-order valence-electron chi connectivity index (χ2n) is 2.81. The highest BCUT2D eigenvalue weighted by molar-refractivity contribution is 5.73. The first-order valence-corrected chi connectivity index (χ1v) is 3.68. The van der Waals surface area contributed by atoms with Crippen LogP contribution in [0.15, 0.2) is 6.20 Å². The molecule has 0 aromatic carbocycles. The third-order valence-electron chi connectivity index (χ3n) is 1.77. The highest BCUT2D eigenvalue weighted by Crippen LogP contribution is 2.26. The van der Waals surface area contributed by atoms with Crippen molar-refractivity contribution in [1.29, 1.82) is 0 Å². The summed E-state index contributed by atoms with van der Waals surface area (Å²) in [5, 5.41) is 6.76. The van der Waals surface area contributed by atoms with E-state index in [9.17, 15) is 4.79 Å². The highest BCUT2D eigenvalue weighted by Gasteiger charge is 2.25. The average molecular weight is 167 g/mol. The maximum Gasteiger partial charge on any atom is 0.413 e. The molecule has 64 valence electrons. The Morgan fingerprint density at radius 3 is 3.25 bits per heavy atom. The lowest BCUT2D eigenvalue weighted by molar-refractivity contribution is 0.189. The Labute approximate surface area is 69.3 Å². The second kappa shape index (κ2) is 2.23. The number of carbonyl (C=O) groups is 1. The van der Waals surface area contributed by atoms with Crippen molar-refractivity contribution in [2.45, 2.75) is 13.0 Å². The van der Waals surface area contributed by atoms with Gasteiger partial charge in [-0.25, -0.2) is 4.79 Å². The van der Waals surface area contributed by atoms with Crippen LogP contribution in [0.4, 0.5) is 4.79 Å². The number of aromatic nitrogens is 2. The third kappa shape index (κ3) is 0.939. The normalized spacial score (nSPS) is 21.2. The van der Waals surface area contributed by atoms with E-state index in [-0.39, 0.29) is 6.04 Å². The van der Waals surface area contributed by atoms with Crippen LogP contribution in [0.3, 0.4) is 0 Å². The maximum atomic E-state index is 10.9. The van der Waals surface area contributed by atoms with Gasteiger partial charge in [-0.2, -0.15) is 5.10 Å². The van der Waals surface area contributed by atoms with E-state index in [1.807, 2.05) is 6.92 Å². The number of aryl methyl sites for hydroxylation is 1. The Hall–Kier alpha value is -1.52. The van der Waals surface area contributed by atoms with Crippen molar-refractivity contribution in [3.05, 3.63) is 11.9 Å². The summed E-state index contributed by atoms with van der Waals surface area (Å²) in [6, 6.07) is -0.0672. The van der Waals surface area contributed by atoms with Crippen LogP contribution in [-0.4, -0.2) is 15.9 Å². The standard InChI is InChI=1S/C7H9N3O2/c1-4-6-5(3-10(2)9-6)12-7(11)8-4/h3-4H,1-2H3,(H,8,11). The summed E-state index contributed by atoms with van der Waals surface area (Å²) in [5.74, 6) is 0.550. The highest BCUT2D eigenvalue weighted by atomic mass is 16.6. The predicted molar refractivity (Wildman–Crippen MR) is 40.8 cm³/mol. The van der Waals surface area contributed by atoms with E-state index >= 15 is 0 Å². The fourth-order valence-corrected chi connectivity index (χ4v) is 1.24. The maximum absolute atomic E-state index is 10.9. The summed E-state index contributed by atoms with van der Waals surface area (Å²) < 4.78 is 6.52. The van der Waals surface area contributed by atoms with Crippen molar-refractivity contribution in [2.75, 3.05) is 0 Å². The molecule has 0 radical (unpaired) electrons. The predicted octanol–water partition coefficient (Wildman–Crippen LogP) is 0.583. The van der Waals surface area contributed by atoms with Crippen molar-refractivity contribution in [1.82, 2.24) is 15.1 Å². The van der Waals surface area contributed by atoms with Crippen LogP contribution in [0.5, 0.6) is 5.75 Å². The Balaban J connectivity index is 2.46. The number of fused-ring (bicyclic) bond motifs is 1. The van der Waals surface area contributed by atoms with Crippen LogP contribution in [0.25, 0.3) is 0 Å². The fourth-order valence-electron chi connectivity index (χ4n) is 1.24. The summed E-state index contributed by atoms with van der Waals surface area (Å²) in [6.45, 7) is 1.87. The molecule has 1 atom stereocenters. The SMILES string of the molecule is CC1NC(=O)Oc2cn(C)nc21. The van der Waals surface area contributed by atoms with Crippen molar-refractivity contribution in [2.24, 2.45) is 7.05 Å². The molecule has 0 bridgehead atoms. The molecule has 1 aromatic heterocycles. The van der Waals surface area contributed by atoms with Gasteiger partial charge in [-0.1, -0.05) is 0 Å². The molecule has 1 N–H and O–H groups in total. The van der Waals surface area contributed by atoms with E-state index < -0.39 is 6.09 Å². The zero-order valence-electron chi connectivity index (χ0n) is 6.87. The lowest BCUT2D eigenvalue weighted by Crippen LogP contribution is -2.34. The average Bonchev–Trinajstić information content (AvgIpc) is 2.29. The molecule has 0 aliphatic carbocycles. The van der Waals surface area contributed by atoms with Crippen molar-refractivity contribution < 1.29 is 9.53 Å². The summed E-state index contributed by atoms with van der Waals surface area (Å²) in [7, 11) is 1.79. The number of nitrogens with one attached hydrogen (secondary N) is 1. The van der Waals surface area contributed by atoms with Crippen molar-refractivity contribution in [3.63, 3.8) is 0 Å². The lowest BCUT2D eigenvalue weighted by Gasteiger charge is -2.17. The van der Waals surface area contributed by atoms with Gasteiger partial charge in [0, 0.05) is 7.05 Å². The molecule has 0 saturated carbocycles. The number of rotatable bonds is 0. The largest absolute Gasteiger partial charge is 0.413 e. The molecule has 0 spiro atoms. The summed E-state index contributed by atoms with van der Waals surface area (Å²) in [6.07, 6.45) is 1.27. The number of amides is 1. The Kier molecular flexibility index (Phi) is 1.33. The van der Waals surface area contributed by atoms with Crippen LogP contribution in [0.2, 0.25) is 0 Å². The first kappa shape index (κ1) is 7.15. The van der Waals surface area contributed by atoms with E-state index in [0.717, 1.165) is 5.69 Å². The summed E-state index contributed by atoms with van der Waals surface area (Å²) in [4.78, 5) is 10.9. The van der Waals surface area contributed by atoms with Crippen LogP contribution in [0.1, 0.15) is 18.7 Å². The number of nitrogens with zero attached hydrogens (tertiary/aromatic N) is 2. The van der Waals surface area contributed by atoms with Gasteiger partial charge in [0.05, 0.1) is 12.2 Å². The molecule has 1 aromatic rings. The lowest BCUT2D eigenvalue weighted by atomic mass is 10.2. The smallest absolute Gasteiger partial charge is 0.407 e. The van der Waals surface area contributed by atoms with Gasteiger partial charge < -0.3 is 10.1 Å². The number of carbonyl (C=O) groups excluding carboxylic acids is 1. The molecule has 0 saturated heterocycles. The van der Waals surface area contributed by atoms with Crippen molar-refractivity contribution >= 4 is 6.09 Å². The third-order valence-corrected chi connectivity index (χ3v) is 1.77. The monoisotopic (exact) mass is 167 g/mol. The van der Waals surface area contributed by atoms with Gasteiger partial charge in [-0.15, -0.1) is 0 Å². The van der Waals surface area contributed by atoms with E-state index in [1.165, 1.54) is 0 Å². The molecule has 1 aliphatic rings. The molecule has 0 fully saturated rings. The van der Waals surface area contributed by atoms with Crippen LogP contribution < -0.4 is 10.1 Å². The first-order chi connectivity index (χ1) is 5.66. The molecule has 12 heavy (non-hydrogen) atoms. The van der Waals surface area contributed by atoms with Gasteiger partial charge in [0.1, 0.15) is 5.69 Å². The quantitative estimate of drug-likeness (QED) is 0.615. The molecule has 5 nitrogen and oxygen atoms in total. The number of hydrogen-bond acceptors (Lipinski definition) is 3. The van der Waals surface area contributed by atoms with Gasteiger partial charge in [0.15, 0.2) is 5.75 Å². The molecular weight excluding hydrogens is 158 g/mol. The van der Waals surface area contributed by atoms with E-state index in [4.69, 9.17) is 4.74 Å². The van der Waals surface area contributed by atoms with E-state index in [1.54, 1.807) is 17.9 Å². The fraction of sp³-hybridized carbons (Fsp3) is 0.429. The zero-order chi connectivity index (χ0) is 8.72. The summed E-state index contributed by atoms with van der Waals surface area (Å²) >= 11 is 0. The molecule has 1 unspecified atom stereocenters. The van der Waals surface area contributed by atoms with Gasteiger partial charge in [-0.05, 0) is 6.92 Å². The minimum atomic E-state index is -0.414. The Morgan fingerprint density at radius 2 is 2.50 bits per heavy atom. The van der Waals surface area contributed by atoms with Crippen LogP contribution >= 0.6 is 0 Å². The van der Waals surface area contributed by atoms with Gasteiger partial charge in [0.2, 0.25) is 0 Å². The minimum absolute atomic E-state index is 0.0672. The first-order valence-electron chi connectivity index (χ1n) is 3.68.